The topological polar surface area (TPSA) is 49.8 Å². The summed E-state index contributed by atoms with van der Waals surface area (Å²) in [7, 11) is 0. The number of carbonyl (C=O) groups is 1. The number of fused-ring (bicyclic) bond motifs is 1. The Hall–Kier alpha value is -2.33. The molecule has 2 heterocycles. The third-order valence-corrected chi connectivity index (χ3v) is 5.35. The molecule has 1 atom stereocenters. The number of hydrogen-bond acceptors (Lipinski definition) is 3. The first-order valence-electron chi connectivity index (χ1n) is 9.00. The fourth-order valence-corrected chi connectivity index (χ4v) is 3.84. The zero-order chi connectivity index (χ0) is 17.2. The minimum absolute atomic E-state index is 0.0855. The molecule has 4 heteroatoms. The number of piperidine rings is 1. The van der Waals surface area contributed by atoms with Crippen LogP contribution in [0.1, 0.15) is 40.4 Å². The molecule has 1 N–H and O–H groups in total. The lowest BCUT2D eigenvalue weighted by Crippen LogP contribution is -2.39. The molecule has 0 aromatic heterocycles. The summed E-state index contributed by atoms with van der Waals surface area (Å²) < 4.78 is 5.51. The summed E-state index contributed by atoms with van der Waals surface area (Å²) in [5.41, 5.74) is 2.83. The number of amides is 1. The Morgan fingerprint density at radius 1 is 1.12 bits per heavy atom. The van der Waals surface area contributed by atoms with Gasteiger partial charge in [0, 0.05) is 25.1 Å². The molecule has 1 fully saturated rings. The summed E-state index contributed by atoms with van der Waals surface area (Å²) in [6, 6.07) is 15.5. The molecule has 25 heavy (non-hydrogen) atoms. The molecule has 2 aromatic rings. The number of rotatable bonds is 3. The lowest BCUT2D eigenvalue weighted by Gasteiger charge is -2.34. The lowest BCUT2D eigenvalue weighted by atomic mass is 9.87. The monoisotopic (exact) mass is 337 g/mol. The Balaban J connectivity index is 1.39. The summed E-state index contributed by atoms with van der Waals surface area (Å²) in [6.07, 6.45) is 2.09. The summed E-state index contributed by atoms with van der Waals surface area (Å²) >= 11 is 0. The van der Waals surface area contributed by atoms with Crippen molar-refractivity contribution in [2.75, 3.05) is 19.7 Å². The highest BCUT2D eigenvalue weighted by Crippen LogP contribution is 2.32. The molecular formula is C21H23NO3. The number of benzene rings is 2. The van der Waals surface area contributed by atoms with E-state index < -0.39 is 6.10 Å². The first-order chi connectivity index (χ1) is 12.2. The van der Waals surface area contributed by atoms with Gasteiger partial charge in [-0.1, -0.05) is 30.3 Å². The minimum Gasteiger partial charge on any atom is -0.493 e. The summed E-state index contributed by atoms with van der Waals surface area (Å²) in [5, 5.41) is 10.6. The van der Waals surface area contributed by atoms with Gasteiger partial charge >= 0.3 is 0 Å². The van der Waals surface area contributed by atoms with Crippen LogP contribution in [0.5, 0.6) is 5.75 Å². The standard InChI is InChI=1S/C21H23NO3/c23-20(15-4-2-1-3-5-15)16-8-11-22(12-9-16)21(24)18-6-7-19-17(14-18)10-13-25-19/h1-7,14,16,20,23H,8-13H2. The van der Waals surface area contributed by atoms with E-state index in [2.05, 4.69) is 0 Å². The molecule has 4 rings (SSSR count). The Labute approximate surface area is 148 Å². The molecular weight excluding hydrogens is 314 g/mol. The first kappa shape index (κ1) is 16.2. The predicted molar refractivity (Wildman–Crippen MR) is 95.7 cm³/mol. The van der Waals surface area contributed by atoms with Crippen molar-refractivity contribution in [1.82, 2.24) is 4.90 Å². The fourth-order valence-electron chi connectivity index (χ4n) is 3.84. The summed E-state index contributed by atoms with van der Waals surface area (Å²) in [6.45, 7) is 2.09. The molecule has 1 unspecified atom stereocenters. The average Bonchev–Trinajstić information content (AvgIpc) is 3.15. The van der Waals surface area contributed by atoms with E-state index in [1.165, 1.54) is 0 Å². The summed E-state index contributed by atoms with van der Waals surface area (Å²) in [4.78, 5) is 14.7. The molecule has 4 nitrogen and oxygen atoms in total. The number of aliphatic hydroxyl groups is 1. The number of carbonyl (C=O) groups excluding carboxylic acids is 1. The van der Waals surface area contributed by atoms with E-state index in [4.69, 9.17) is 4.74 Å². The van der Waals surface area contributed by atoms with Gasteiger partial charge in [-0.3, -0.25) is 4.79 Å². The van der Waals surface area contributed by atoms with Crippen molar-refractivity contribution >= 4 is 5.91 Å². The fraction of sp³-hybridized carbons (Fsp3) is 0.381. The lowest BCUT2D eigenvalue weighted by molar-refractivity contribution is 0.0462. The van der Waals surface area contributed by atoms with Crippen molar-refractivity contribution < 1.29 is 14.6 Å². The molecule has 0 radical (unpaired) electrons. The average molecular weight is 337 g/mol. The molecule has 130 valence electrons. The zero-order valence-corrected chi connectivity index (χ0v) is 14.2. The van der Waals surface area contributed by atoms with E-state index >= 15 is 0 Å². The zero-order valence-electron chi connectivity index (χ0n) is 14.2. The summed E-state index contributed by atoms with van der Waals surface area (Å²) in [5.74, 6) is 1.20. The van der Waals surface area contributed by atoms with Crippen LogP contribution in [0.25, 0.3) is 0 Å². The van der Waals surface area contributed by atoms with Gasteiger partial charge in [-0.2, -0.15) is 0 Å². The molecule has 0 saturated carbocycles. The van der Waals surface area contributed by atoms with Gasteiger partial charge in [-0.15, -0.1) is 0 Å². The second kappa shape index (κ2) is 6.89. The number of nitrogens with zero attached hydrogens (tertiary/aromatic N) is 1. The van der Waals surface area contributed by atoms with Crippen molar-refractivity contribution in [3.63, 3.8) is 0 Å². The number of aliphatic hydroxyl groups excluding tert-OH is 1. The predicted octanol–water partition coefficient (Wildman–Crippen LogP) is 3.21. The van der Waals surface area contributed by atoms with Crippen molar-refractivity contribution in [1.29, 1.82) is 0 Å². The van der Waals surface area contributed by atoms with Gasteiger partial charge in [0.2, 0.25) is 0 Å². The molecule has 2 aromatic carbocycles. The van der Waals surface area contributed by atoms with Crippen molar-refractivity contribution in [2.24, 2.45) is 5.92 Å². The van der Waals surface area contributed by atoms with Gasteiger partial charge in [0.15, 0.2) is 0 Å². The Morgan fingerprint density at radius 3 is 2.64 bits per heavy atom. The number of ether oxygens (including phenoxy) is 1. The van der Waals surface area contributed by atoms with Crippen LogP contribution in [-0.2, 0) is 6.42 Å². The van der Waals surface area contributed by atoms with Crippen LogP contribution in [0, 0.1) is 5.92 Å². The Bertz CT molecular complexity index is 751. The Kier molecular flexibility index (Phi) is 4.45. The van der Waals surface area contributed by atoms with Gasteiger partial charge < -0.3 is 14.7 Å². The minimum atomic E-state index is -0.449. The maximum Gasteiger partial charge on any atom is 0.253 e. The van der Waals surface area contributed by atoms with Crippen LogP contribution in [0.3, 0.4) is 0 Å². The normalized spacial score (nSPS) is 18.5. The third kappa shape index (κ3) is 3.27. The van der Waals surface area contributed by atoms with E-state index in [1.54, 1.807) is 0 Å². The molecule has 2 aliphatic heterocycles. The van der Waals surface area contributed by atoms with Crippen molar-refractivity contribution in [3.05, 3.63) is 65.2 Å². The maximum absolute atomic E-state index is 12.8. The maximum atomic E-state index is 12.8. The number of likely N-dealkylation sites (tertiary alicyclic amines) is 1. The second-order valence-corrected chi connectivity index (χ2v) is 6.91. The largest absolute Gasteiger partial charge is 0.493 e. The van der Waals surface area contributed by atoms with Crippen LogP contribution in [0.4, 0.5) is 0 Å². The Morgan fingerprint density at radius 2 is 1.88 bits per heavy atom. The molecule has 0 spiro atoms. The molecule has 0 bridgehead atoms. The third-order valence-electron chi connectivity index (χ3n) is 5.35. The smallest absolute Gasteiger partial charge is 0.253 e. The van der Waals surface area contributed by atoms with Crippen LogP contribution >= 0.6 is 0 Å². The van der Waals surface area contributed by atoms with E-state index in [1.807, 2.05) is 53.4 Å². The number of hydrogen-bond donors (Lipinski definition) is 1. The van der Waals surface area contributed by atoms with E-state index in [0.29, 0.717) is 19.7 Å². The SMILES string of the molecule is O=C(c1ccc2c(c1)CCO2)N1CCC(C(O)c2ccccc2)CC1. The second-order valence-electron chi connectivity index (χ2n) is 6.91. The highest BCUT2D eigenvalue weighted by molar-refractivity contribution is 5.94. The quantitative estimate of drug-likeness (QED) is 0.936. The van der Waals surface area contributed by atoms with Crippen LogP contribution in [-0.4, -0.2) is 35.6 Å². The van der Waals surface area contributed by atoms with Crippen molar-refractivity contribution in [2.45, 2.75) is 25.4 Å². The van der Waals surface area contributed by atoms with E-state index in [0.717, 1.165) is 41.7 Å². The van der Waals surface area contributed by atoms with Gasteiger partial charge in [0.05, 0.1) is 12.7 Å². The van der Waals surface area contributed by atoms with Gasteiger partial charge in [0.25, 0.3) is 5.91 Å². The van der Waals surface area contributed by atoms with Crippen LogP contribution in [0.2, 0.25) is 0 Å². The van der Waals surface area contributed by atoms with Gasteiger partial charge in [-0.25, -0.2) is 0 Å². The highest BCUT2D eigenvalue weighted by Gasteiger charge is 2.29. The highest BCUT2D eigenvalue weighted by atomic mass is 16.5. The molecule has 0 aliphatic carbocycles. The van der Waals surface area contributed by atoms with Gasteiger partial charge in [-0.05, 0) is 48.1 Å². The molecule has 1 saturated heterocycles. The van der Waals surface area contributed by atoms with E-state index in [-0.39, 0.29) is 11.8 Å². The van der Waals surface area contributed by atoms with Crippen LogP contribution < -0.4 is 4.74 Å². The molecule has 1 amide bonds. The first-order valence-corrected chi connectivity index (χ1v) is 9.00. The van der Waals surface area contributed by atoms with Crippen LogP contribution in [0.15, 0.2) is 48.5 Å². The van der Waals surface area contributed by atoms with E-state index in [9.17, 15) is 9.90 Å². The van der Waals surface area contributed by atoms with Gasteiger partial charge in [0.1, 0.15) is 5.75 Å². The van der Waals surface area contributed by atoms with Crippen molar-refractivity contribution in [3.8, 4) is 5.75 Å². The molecule has 2 aliphatic rings.